The molecule has 1 heterocycles. The number of ether oxygens (including phenoxy) is 1. The van der Waals surface area contributed by atoms with Gasteiger partial charge in [0, 0.05) is 6.54 Å². The number of hydrogen-bond acceptors (Lipinski definition) is 4. The Labute approximate surface area is 101 Å². The van der Waals surface area contributed by atoms with E-state index < -0.39 is 0 Å². The minimum atomic E-state index is -0.313. The van der Waals surface area contributed by atoms with E-state index in [4.69, 9.17) is 22.1 Å². The van der Waals surface area contributed by atoms with E-state index in [2.05, 4.69) is 4.98 Å². The van der Waals surface area contributed by atoms with Crippen LogP contribution in [0.5, 0.6) is 10.9 Å². The summed E-state index contributed by atoms with van der Waals surface area (Å²) in [6.07, 6.45) is 0. The first-order chi connectivity index (χ1) is 7.69. The van der Waals surface area contributed by atoms with Gasteiger partial charge < -0.3 is 10.5 Å². The molecular weight excluding hydrogens is 251 g/mol. The van der Waals surface area contributed by atoms with E-state index in [1.807, 2.05) is 0 Å². The molecule has 0 spiro atoms. The molecule has 0 aliphatic rings. The van der Waals surface area contributed by atoms with Gasteiger partial charge in [0.1, 0.15) is 16.7 Å². The van der Waals surface area contributed by atoms with Gasteiger partial charge in [-0.1, -0.05) is 22.9 Å². The molecule has 3 nitrogen and oxygen atoms in total. The molecule has 2 N–H and O–H groups in total. The molecular formula is C10H8ClFN2OS. The first-order valence-corrected chi connectivity index (χ1v) is 5.67. The highest BCUT2D eigenvalue weighted by Crippen LogP contribution is 2.31. The van der Waals surface area contributed by atoms with E-state index in [0.717, 1.165) is 4.88 Å². The summed E-state index contributed by atoms with van der Waals surface area (Å²) >= 11 is 7.09. The quantitative estimate of drug-likeness (QED) is 0.920. The van der Waals surface area contributed by atoms with Gasteiger partial charge >= 0.3 is 0 Å². The molecule has 1 aromatic carbocycles. The predicted octanol–water partition coefficient (Wildman–Crippen LogP) is 3.19. The van der Waals surface area contributed by atoms with Crippen LogP contribution in [-0.2, 0) is 6.54 Å². The Bertz CT molecular complexity index is 486. The second kappa shape index (κ2) is 4.78. The van der Waals surface area contributed by atoms with Crippen LogP contribution in [-0.4, -0.2) is 4.98 Å². The van der Waals surface area contributed by atoms with Crippen molar-refractivity contribution in [3.05, 3.63) is 40.1 Å². The van der Waals surface area contributed by atoms with Gasteiger partial charge in [-0.2, -0.15) is 4.98 Å². The van der Waals surface area contributed by atoms with Crippen LogP contribution in [0.3, 0.4) is 0 Å². The summed E-state index contributed by atoms with van der Waals surface area (Å²) in [4.78, 5) is 4.75. The number of thiazole rings is 1. The SMILES string of the molecule is NCc1sc(Oc2ccc(F)cc2)nc1Cl. The van der Waals surface area contributed by atoms with Crippen molar-refractivity contribution >= 4 is 22.9 Å². The minimum Gasteiger partial charge on any atom is -0.431 e. The summed E-state index contributed by atoms with van der Waals surface area (Å²) in [6, 6.07) is 5.67. The van der Waals surface area contributed by atoms with Crippen LogP contribution < -0.4 is 10.5 Å². The minimum absolute atomic E-state index is 0.313. The lowest BCUT2D eigenvalue weighted by molar-refractivity contribution is 0.477. The molecule has 0 saturated carbocycles. The Morgan fingerprint density at radius 3 is 2.62 bits per heavy atom. The van der Waals surface area contributed by atoms with Crippen LogP contribution in [0.25, 0.3) is 0 Å². The van der Waals surface area contributed by atoms with Crippen molar-refractivity contribution in [1.82, 2.24) is 4.98 Å². The third-order valence-electron chi connectivity index (χ3n) is 1.83. The molecule has 0 amide bonds. The summed E-state index contributed by atoms with van der Waals surface area (Å²) in [5.74, 6) is 0.197. The Balaban J connectivity index is 2.17. The van der Waals surface area contributed by atoms with E-state index in [1.165, 1.54) is 35.6 Å². The van der Waals surface area contributed by atoms with Crippen molar-refractivity contribution in [2.24, 2.45) is 5.73 Å². The Morgan fingerprint density at radius 2 is 2.06 bits per heavy atom. The zero-order valence-corrected chi connectivity index (χ0v) is 9.69. The fourth-order valence-electron chi connectivity index (χ4n) is 1.09. The van der Waals surface area contributed by atoms with Crippen LogP contribution in [0.15, 0.2) is 24.3 Å². The molecule has 1 aromatic heterocycles. The molecule has 16 heavy (non-hydrogen) atoms. The molecule has 84 valence electrons. The molecule has 0 unspecified atom stereocenters. The summed E-state index contributed by atoms with van der Waals surface area (Å²) in [7, 11) is 0. The molecule has 2 rings (SSSR count). The zero-order valence-electron chi connectivity index (χ0n) is 8.11. The van der Waals surface area contributed by atoms with Crippen LogP contribution >= 0.6 is 22.9 Å². The lowest BCUT2D eigenvalue weighted by atomic mass is 10.3. The molecule has 0 fully saturated rings. The number of benzene rings is 1. The molecule has 2 aromatic rings. The van der Waals surface area contributed by atoms with E-state index in [0.29, 0.717) is 22.6 Å². The van der Waals surface area contributed by atoms with Crippen molar-refractivity contribution in [3.8, 4) is 10.9 Å². The van der Waals surface area contributed by atoms with Crippen LogP contribution in [0.4, 0.5) is 4.39 Å². The van der Waals surface area contributed by atoms with Crippen molar-refractivity contribution in [2.75, 3.05) is 0 Å². The third-order valence-corrected chi connectivity index (χ3v) is 3.21. The van der Waals surface area contributed by atoms with Gasteiger partial charge in [-0.05, 0) is 24.3 Å². The number of aromatic nitrogens is 1. The van der Waals surface area contributed by atoms with Gasteiger partial charge in [0.2, 0.25) is 0 Å². The summed E-state index contributed by atoms with van der Waals surface area (Å²) in [5.41, 5.74) is 5.46. The second-order valence-corrected chi connectivity index (χ2v) is 4.36. The fraction of sp³-hybridized carbons (Fsp3) is 0.100. The lowest BCUT2D eigenvalue weighted by Gasteiger charge is -1.99. The molecule has 0 saturated heterocycles. The first kappa shape index (κ1) is 11.3. The second-order valence-electron chi connectivity index (χ2n) is 2.95. The van der Waals surface area contributed by atoms with Gasteiger partial charge in [0.05, 0.1) is 4.88 Å². The highest BCUT2D eigenvalue weighted by molar-refractivity contribution is 7.14. The van der Waals surface area contributed by atoms with Crippen LogP contribution in [0.1, 0.15) is 4.88 Å². The smallest absolute Gasteiger partial charge is 0.280 e. The van der Waals surface area contributed by atoms with Crippen molar-refractivity contribution in [1.29, 1.82) is 0 Å². The first-order valence-electron chi connectivity index (χ1n) is 4.47. The van der Waals surface area contributed by atoms with Gasteiger partial charge in [0.25, 0.3) is 5.19 Å². The Kier molecular flexibility index (Phi) is 3.38. The third kappa shape index (κ3) is 2.49. The fourth-order valence-corrected chi connectivity index (χ4v) is 2.10. The van der Waals surface area contributed by atoms with Crippen LogP contribution in [0, 0.1) is 5.82 Å². The largest absolute Gasteiger partial charge is 0.431 e. The number of rotatable bonds is 3. The van der Waals surface area contributed by atoms with Crippen molar-refractivity contribution < 1.29 is 9.13 Å². The maximum Gasteiger partial charge on any atom is 0.280 e. The van der Waals surface area contributed by atoms with Crippen LogP contribution in [0.2, 0.25) is 5.15 Å². The van der Waals surface area contributed by atoms with E-state index in [9.17, 15) is 4.39 Å². The molecule has 0 aliphatic carbocycles. The van der Waals surface area contributed by atoms with Crippen molar-refractivity contribution in [3.63, 3.8) is 0 Å². The molecule has 0 bridgehead atoms. The van der Waals surface area contributed by atoms with Gasteiger partial charge in [-0.25, -0.2) is 4.39 Å². The standard InChI is InChI=1S/C10H8ClFN2OS/c11-9-8(5-13)16-10(14-9)15-7-3-1-6(12)2-4-7/h1-4H,5,13H2. The molecule has 0 radical (unpaired) electrons. The zero-order chi connectivity index (χ0) is 11.5. The predicted molar refractivity (Wildman–Crippen MR) is 61.5 cm³/mol. The topological polar surface area (TPSA) is 48.1 Å². The molecule has 0 aliphatic heterocycles. The number of hydrogen-bond donors (Lipinski definition) is 1. The average Bonchev–Trinajstić information content (AvgIpc) is 2.62. The summed E-state index contributed by atoms with van der Waals surface area (Å²) < 4.78 is 18.0. The number of halogens is 2. The van der Waals surface area contributed by atoms with Gasteiger partial charge in [-0.15, -0.1) is 0 Å². The highest BCUT2D eigenvalue weighted by Gasteiger charge is 2.09. The number of nitrogens with two attached hydrogens (primary N) is 1. The van der Waals surface area contributed by atoms with Gasteiger partial charge in [0.15, 0.2) is 0 Å². The summed E-state index contributed by atoms with van der Waals surface area (Å²) in [6.45, 7) is 0.323. The average molecular weight is 259 g/mol. The van der Waals surface area contributed by atoms with Gasteiger partial charge in [-0.3, -0.25) is 0 Å². The normalized spacial score (nSPS) is 10.4. The maximum atomic E-state index is 12.6. The molecule has 6 heteroatoms. The maximum absolute atomic E-state index is 12.6. The Hall–Kier alpha value is -1.17. The lowest BCUT2D eigenvalue weighted by Crippen LogP contribution is -1.92. The summed E-state index contributed by atoms with van der Waals surface area (Å²) in [5, 5.41) is 0.752. The highest BCUT2D eigenvalue weighted by atomic mass is 35.5. The van der Waals surface area contributed by atoms with E-state index in [1.54, 1.807) is 0 Å². The molecule has 0 atom stereocenters. The van der Waals surface area contributed by atoms with E-state index in [-0.39, 0.29) is 5.82 Å². The monoisotopic (exact) mass is 258 g/mol. The van der Waals surface area contributed by atoms with Crippen molar-refractivity contribution in [2.45, 2.75) is 6.54 Å². The Morgan fingerprint density at radius 1 is 1.38 bits per heavy atom. The van der Waals surface area contributed by atoms with E-state index >= 15 is 0 Å². The number of nitrogens with zero attached hydrogens (tertiary/aromatic N) is 1.